The summed E-state index contributed by atoms with van der Waals surface area (Å²) in [6, 6.07) is 4.94. The van der Waals surface area contributed by atoms with Gasteiger partial charge in [-0.1, -0.05) is 6.07 Å². The van der Waals surface area contributed by atoms with E-state index in [2.05, 4.69) is 0 Å². The van der Waals surface area contributed by atoms with Crippen molar-refractivity contribution in [2.45, 2.75) is 38.1 Å². The van der Waals surface area contributed by atoms with E-state index in [-0.39, 0.29) is 4.90 Å². The quantitative estimate of drug-likeness (QED) is 0.915. The Balaban J connectivity index is 3.36. The van der Waals surface area contributed by atoms with Crippen LogP contribution in [0.15, 0.2) is 23.1 Å². The van der Waals surface area contributed by atoms with Gasteiger partial charge in [0.25, 0.3) is 0 Å². The van der Waals surface area contributed by atoms with Crippen molar-refractivity contribution in [1.29, 1.82) is 0 Å². The van der Waals surface area contributed by atoms with E-state index >= 15 is 0 Å². The van der Waals surface area contributed by atoms with Crippen LogP contribution in [-0.2, 0) is 14.8 Å². The smallest absolute Gasteiger partial charge is 0.324 e. The Morgan fingerprint density at radius 1 is 1.16 bits per heavy atom. The number of aryl methyl sites for hydroxylation is 2. The van der Waals surface area contributed by atoms with Crippen molar-refractivity contribution in [2.75, 3.05) is 7.05 Å². The summed E-state index contributed by atoms with van der Waals surface area (Å²) in [6.07, 6.45) is 0. The van der Waals surface area contributed by atoms with Crippen LogP contribution in [-0.4, -0.2) is 36.4 Å². The fourth-order valence-corrected chi connectivity index (χ4v) is 3.34. The molecule has 0 aliphatic carbocycles. The van der Waals surface area contributed by atoms with Gasteiger partial charge in [-0.2, -0.15) is 4.31 Å². The van der Waals surface area contributed by atoms with E-state index in [0.29, 0.717) is 0 Å². The number of carboxylic acids is 1. The third kappa shape index (κ3) is 2.96. The number of benzene rings is 1. The van der Waals surface area contributed by atoms with Gasteiger partial charge in [0.05, 0.1) is 4.90 Å². The van der Waals surface area contributed by atoms with E-state index in [9.17, 15) is 13.2 Å². The first-order chi connectivity index (χ1) is 8.49. The highest BCUT2D eigenvalue weighted by atomic mass is 32.2. The molecule has 1 rings (SSSR count). The first kappa shape index (κ1) is 15.7. The molecule has 106 valence electrons. The number of likely N-dealkylation sites (N-methyl/N-ethyl adjacent to an activating group) is 1. The van der Waals surface area contributed by atoms with Crippen molar-refractivity contribution in [3.63, 3.8) is 0 Å². The zero-order valence-corrected chi connectivity index (χ0v) is 12.6. The molecule has 19 heavy (non-hydrogen) atoms. The Morgan fingerprint density at radius 3 is 1.95 bits per heavy atom. The summed E-state index contributed by atoms with van der Waals surface area (Å²) in [5, 5.41) is 9.12. The van der Waals surface area contributed by atoms with Crippen molar-refractivity contribution in [3.05, 3.63) is 29.3 Å². The summed E-state index contributed by atoms with van der Waals surface area (Å²) in [4.78, 5) is 11.3. The molecule has 6 heteroatoms. The highest BCUT2D eigenvalue weighted by Gasteiger charge is 2.40. The number of sulfonamides is 1. The van der Waals surface area contributed by atoms with Crippen molar-refractivity contribution in [1.82, 2.24) is 4.31 Å². The van der Waals surface area contributed by atoms with Crippen LogP contribution < -0.4 is 0 Å². The predicted octanol–water partition coefficient (Wildman–Crippen LogP) is 1.79. The molecule has 1 aromatic carbocycles. The number of aliphatic carboxylic acids is 1. The third-order valence-electron chi connectivity index (χ3n) is 3.16. The van der Waals surface area contributed by atoms with Gasteiger partial charge in [0.2, 0.25) is 10.0 Å². The van der Waals surface area contributed by atoms with Crippen LogP contribution in [0.3, 0.4) is 0 Å². The molecule has 0 radical (unpaired) electrons. The first-order valence-corrected chi connectivity index (χ1v) is 7.24. The minimum Gasteiger partial charge on any atom is -0.480 e. The van der Waals surface area contributed by atoms with Gasteiger partial charge in [-0.05, 0) is 51.0 Å². The Bertz CT molecular complexity index is 585. The lowest BCUT2D eigenvalue weighted by atomic mass is 10.1. The van der Waals surface area contributed by atoms with Crippen molar-refractivity contribution in [2.24, 2.45) is 0 Å². The predicted molar refractivity (Wildman–Crippen MR) is 72.6 cm³/mol. The summed E-state index contributed by atoms with van der Waals surface area (Å²) >= 11 is 0. The number of carboxylic acid groups (broad SMARTS) is 1. The number of nitrogens with zero attached hydrogens (tertiary/aromatic N) is 1. The molecule has 1 aromatic rings. The second-order valence-corrected chi connectivity index (χ2v) is 7.13. The van der Waals surface area contributed by atoms with E-state index in [1.807, 2.05) is 6.07 Å². The molecule has 1 N–H and O–H groups in total. The molecule has 0 heterocycles. The molecule has 0 bridgehead atoms. The van der Waals surface area contributed by atoms with E-state index in [4.69, 9.17) is 5.11 Å². The lowest BCUT2D eigenvalue weighted by Gasteiger charge is -2.30. The number of hydrogen-bond acceptors (Lipinski definition) is 3. The van der Waals surface area contributed by atoms with Gasteiger partial charge in [-0.3, -0.25) is 4.79 Å². The highest BCUT2D eigenvalue weighted by Crippen LogP contribution is 2.24. The average Bonchev–Trinajstić information content (AvgIpc) is 2.26. The second kappa shape index (κ2) is 4.94. The number of carbonyl (C=O) groups is 1. The molecular weight excluding hydrogens is 266 g/mol. The normalized spacial score (nSPS) is 12.7. The Labute approximate surface area is 113 Å². The van der Waals surface area contributed by atoms with Crippen LogP contribution in [0.25, 0.3) is 0 Å². The van der Waals surface area contributed by atoms with E-state index in [1.165, 1.54) is 33.0 Å². The molecule has 0 aliphatic heterocycles. The topological polar surface area (TPSA) is 74.7 Å². The van der Waals surface area contributed by atoms with Crippen LogP contribution >= 0.6 is 0 Å². The monoisotopic (exact) mass is 285 g/mol. The molecule has 0 fully saturated rings. The zero-order valence-electron chi connectivity index (χ0n) is 11.8. The number of hydrogen-bond donors (Lipinski definition) is 1. The standard InChI is InChI=1S/C13H19NO4S/c1-9-6-10(2)8-11(7-9)19(17,18)14(5)13(3,4)12(15)16/h6-8H,1-5H3,(H,15,16). The van der Waals surface area contributed by atoms with Crippen LogP contribution in [0.4, 0.5) is 0 Å². The van der Waals surface area contributed by atoms with Crippen LogP contribution in [0.5, 0.6) is 0 Å². The molecule has 0 amide bonds. The third-order valence-corrected chi connectivity index (χ3v) is 5.17. The summed E-state index contributed by atoms with van der Waals surface area (Å²) in [5.74, 6) is -1.19. The SMILES string of the molecule is Cc1cc(C)cc(S(=O)(=O)N(C)C(C)(C)C(=O)O)c1. The molecule has 0 spiro atoms. The molecule has 0 atom stereocenters. The summed E-state index contributed by atoms with van der Waals surface area (Å²) in [5.41, 5.74) is 0.136. The van der Waals surface area contributed by atoms with Gasteiger partial charge in [0, 0.05) is 7.05 Å². The minimum atomic E-state index is -3.83. The average molecular weight is 285 g/mol. The van der Waals surface area contributed by atoms with Gasteiger partial charge in [0.15, 0.2) is 0 Å². The van der Waals surface area contributed by atoms with Gasteiger partial charge in [-0.15, -0.1) is 0 Å². The summed E-state index contributed by atoms with van der Waals surface area (Å²) < 4.78 is 25.8. The minimum absolute atomic E-state index is 0.113. The Kier molecular flexibility index (Phi) is 4.07. The molecular formula is C13H19NO4S. The second-order valence-electron chi connectivity index (χ2n) is 5.16. The van der Waals surface area contributed by atoms with Crippen LogP contribution in [0.2, 0.25) is 0 Å². The molecule has 0 aromatic heterocycles. The summed E-state index contributed by atoms with van der Waals surface area (Å²) in [6.45, 7) is 6.31. The van der Waals surface area contributed by atoms with E-state index in [0.717, 1.165) is 15.4 Å². The van der Waals surface area contributed by atoms with Gasteiger partial charge >= 0.3 is 5.97 Å². The fraction of sp³-hybridized carbons (Fsp3) is 0.462. The highest BCUT2D eigenvalue weighted by molar-refractivity contribution is 7.89. The molecule has 0 aliphatic rings. The molecule has 0 saturated carbocycles. The largest absolute Gasteiger partial charge is 0.480 e. The first-order valence-electron chi connectivity index (χ1n) is 5.80. The zero-order chi connectivity index (χ0) is 15.0. The van der Waals surface area contributed by atoms with Gasteiger partial charge in [0.1, 0.15) is 5.54 Å². The van der Waals surface area contributed by atoms with Crippen molar-refractivity contribution < 1.29 is 18.3 Å². The maximum Gasteiger partial charge on any atom is 0.324 e. The maximum absolute atomic E-state index is 12.5. The number of rotatable bonds is 4. The lowest BCUT2D eigenvalue weighted by molar-refractivity contribution is -0.145. The van der Waals surface area contributed by atoms with Gasteiger partial charge < -0.3 is 5.11 Å². The van der Waals surface area contributed by atoms with Crippen LogP contribution in [0.1, 0.15) is 25.0 Å². The molecule has 5 nitrogen and oxygen atoms in total. The van der Waals surface area contributed by atoms with Gasteiger partial charge in [-0.25, -0.2) is 8.42 Å². The van der Waals surface area contributed by atoms with Crippen molar-refractivity contribution in [3.8, 4) is 0 Å². The lowest BCUT2D eigenvalue weighted by Crippen LogP contribution is -2.50. The fourth-order valence-electron chi connectivity index (χ4n) is 1.68. The van der Waals surface area contributed by atoms with Crippen LogP contribution in [0, 0.1) is 13.8 Å². The molecule has 0 unspecified atom stereocenters. The van der Waals surface area contributed by atoms with Crippen molar-refractivity contribution >= 4 is 16.0 Å². The maximum atomic E-state index is 12.5. The summed E-state index contributed by atoms with van der Waals surface area (Å²) in [7, 11) is -2.56. The Hall–Kier alpha value is -1.40. The van der Waals surface area contributed by atoms with E-state index < -0.39 is 21.5 Å². The Morgan fingerprint density at radius 2 is 1.58 bits per heavy atom. The van der Waals surface area contributed by atoms with E-state index in [1.54, 1.807) is 13.8 Å². The molecule has 0 saturated heterocycles.